The zero-order chi connectivity index (χ0) is 20.4. The lowest BCUT2D eigenvalue weighted by atomic mass is 10.0. The lowest BCUT2D eigenvalue weighted by Crippen LogP contribution is -2.36. The monoisotopic (exact) mass is 395 g/mol. The van der Waals surface area contributed by atoms with E-state index in [1.165, 1.54) is 6.20 Å². The Morgan fingerprint density at radius 2 is 2.14 bits per heavy atom. The zero-order valence-electron chi connectivity index (χ0n) is 16.6. The van der Waals surface area contributed by atoms with E-state index in [-0.39, 0.29) is 11.5 Å². The molecule has 0 radical (unpaired) electrons. The molecule has 0 aliphatic carbocycles. The second-order valence-electron chi connectivity index (χ2n) is 7.78. The summed E-state index contributed by atoms with van der Waals surface area (Å²) in [7, 11) is 0. The average Bonchev–Trinajstić information content (AvgIpc) is 3.29. The lowest BCUT2D eigenvalue weighted by molar-refractivity contribution is 0.102. The number of imidazole rings is 1. The Kier molecular flexibility index (Phi) is 5.10. The molecule has 0 atom stereocenters. The van der Waals surface area contributed by atoms with Crippen molar-refractivity contribution in [2.24, 2.45) is 0 Å². The van der Waals surface area contributed by atoms with Crippen LogP contribution in [0, 0.1) is 5.41 Å². The van der Waals surface area contributed by atoms with Gasteiger partial charge in [0.1, 0.15) is 22.9 Å². The second kappa shape index (κ2) is 7.71. The molecule has 3 heterocycles. The Hall–Kier alpha value is -3.13. The number of carbonyl (C=O) groups excluding carboxylic acids is 1. The normalized spacial score (nSPS) is 17.8. The molecule has 0 spiro atoms. The molecular weight excluding hydrogens is 370 g/mol. The van der Waals surface area contributed by atoms with Gasteiger partial charge < -0.3 is 30.1 Å². The number of hydrogen-bond donors (Lipinski definition) is 3. The van der Waals surface area contributed by atoms with Crippen molar-refractivity contribution in [2.75, 3.05) is 36.5 Å². The fourth-order valence-corrected chi connectivity index (χ4v) is 3.67. The summed E-state index contributed by atoms with van der Waals surface area (Å²) in [4.78, 5) is 22.2. The van der Waals surface area contributed by atoms with Crippen LogP contribution >= 0.6 is 0 Å². The maximum absolute atomic E-state index is 12.8. The highest BCUT2D eigenvalue weighted by molar-refractivity contribution is 6.05. The molecule has 1 fully saturated rings. The van der Waals surface area contributed by atoms with E-state index in [0.717, 1.165) is 48.4 Å². The van der Waals surface area contributed by atoms with E-state index in [1.807, 2.05) is 12.1 Å². The van der Waals surface area contributed by atoms with Crippen molar-refractivity contribution in [3.63, 3.8) is 0 Å². The van der Waals surface area contributed by atoms with Gasteiger partial charge in [0.2, 0.25) is 0 Å². The lowest BCUT2D eigenvalue weighted by Gasteiger charge is -2.31. The number of nitrogens with one attached hydrogen (secondary N) is 3. The summed E-state index contributed by atoms with van der Waals surface area (Å²) >= 11 is 0. The topological polar surface area (TPSA) is 103 Å². The molecule has 152 valence electrons. The minimum absolute atomic E-state index is 0.257. The third-order valence-corrected chi connectivity index (χ3v) is 4.97. The minimum Gasteiger partial charge on any atom is -0.487 e. The number of ether oxygens (including phenoxy) is 2. The smallest absolute Gasteiger partial charge is 0.273 e. The van der Waals surface area contributed by atoms with Crippen LogP contribution in [0.2, 0.25) is 0 Å². The van der Waals surface area contributed by atoms with Crippen molar-refractivity contribution in [2.45, 2.75) is 25.9 Å². The van der Waals surface area contributed by atoms with Gasteiger partial charge in [-0.15, -0.1) is 0 Å². The molecule has 29 heavy (non-hydrogen) atoms. The van der Waals surface area contributed by atoms with Crippen LogP contribution in [0.1, 0.15) is 35.7 Å². The second-order valence-corrected chi connectivity index (χ2v) is 7.78. The first-order chi connectivity index (χ1) is 13.9. The Labute approximate surface area is 169 Å². The van der Waals surface area contributed by atoms with Gasteiger partial charge >= 0.3 is 0 Å². The van der Waals surface area contributed by atoms with Crippen LogP contribution in [0.5, 0.6) is 5.75 Å². The minimum atomic E-state index is -0.264. The fourth-order valence-electron chi connectivity index (χ4n) is 3.67. The van der Waals surface area contributed by atoms with E-state index in [1.54, 1.807) is 12.2 Å². The van der Waals surface area contributed by atoms with Crippen LogP contribution in [0.15, 0.2) is 24.4 Å². The number of aromatic nitrogens is 2. The van der Waals surface area contributed by atoms with Gasteiger partial charge in [-0.3, -0.25) is 4.79 Å². The third kappa shape index (κ3) is 4.17. The molecule has 8 heteroatoms. The SMILES string of the molecule is CC1(C)Cc2cc(NC(=O)c3cnc(/C=C\C=N)[nH]3)c(N3CCOCC3)cc2O1. The van der Waals surface area contributed by atoms with E-state index in [0.29, 0.717) is 24.7 Å². The number of allylic oxidation sites excluding steroid dienone is 1. The van der Waals surface area contributed by atoms with Gasteiger partial charge in [-0.1, -0.05) is 0 Å². The molecular formula is C21H25N5O3. The van der Waals surface area contributed by atoms with Crippen LogP contribution in [-0.4, -0.2) is 54.0 Å². The summed E-state index contributed by atoms with van der Waals surface area (Å²) in [6, 6.07) is 4.04. The van der Waals surface area contributed by atoms with Crippen molar-refractivity contribution in [3.05, 3.63) is 41.5 Å². The molecule has 0 bridgehead atoms. The molecule has 4 rings (SSSR count). The Bertz CT molecular complexity index is 957. The average molecular weight is 395 g/mol. The largest absolute Gasteiger partial charge is 0.487 e. The number of hydrogen-bond acceptors (Lipinski definition) is 6. The van der Waals surface area contributed by atoms with Gasteiger partial charge in [-0.25, -0.2) is 4.98 Å². The molecule has 0 saturated carbocycles. The summed E-state index contributed by atoms with van der Waals surface area (Å²) in [5.41, 5.74) is 2.87. The predicted molar refractivity (Wildman–Crippen MR) is 112 cm³/mol. The van der Waals surface area contributed by atoms with Crippen molar-refractivity contribution < 1.29 is 14.3 Å². The fraction of sp³-hybridized carbons (Fsp3) is 0.381. The van der Waals surface area contributed by atoms with Crippen molar-refractivity contribution in [1.82, 2.24) is 9.97 Å². The highest BCUT2D eigenvalue weighted by Gasteiger charge is 2.32. The Balaban J connectivity index is 1.63. The number of benzene rings is 1. The van der Waals surface area contributed by atoms with Gasteiger partial charge in [0.15, 0.2) is 0 Å². The summed E-state index contributed by atoms with van der Waals surface area (Å²) in [5.74, 6) is 1.13. The predicted octanol–water partition coefficient (Wildman–Crippen LogP) is 2.87. The standard InChI is InChI=1S/C21H25N5O3/c1-21(2)12-14-10-15(17(11-18(14)29-21)26-6-8-28-9-7-26)25-20(27)16-13-23-19(24-16)4-3-5-22/h3-5,10-11,13,22H,6-9,12H2,1-2H3,(H,23,24)(H,25,27)/b4-3-,22-5?. The third-order valence-electron chi connectivity index (χ3n) is 4.97. The first-order valence-corrected chi connectivity index (χ1v) is 9.67. The number of amides is 1. The maximum Gasteiger partial charge on any atom is 0.273 e. The number of carbonyl (C=O) groups is 1. The van der Waals surface area contributed by atoms with E-state index in [4.69, 9.17) is 14.9 Å². The molecule has 2 aliphatic rings. The van der Waals surface area contributed by atoms with Gasteiger partial charge in [0, 0.05) is 37.4 Å². The van der Waals surface area contributed by atoms with Crippen molar-refractivity contribution in [3.8, 4) is 5.75 Å². The zero-order valence-corrected chi connectivity index (χ0v) is 16.6. The number of morpholine rings is 1. The van der Waals surface area contributed by atoms with Crippen LogP contribution in [0.3, 0.4) is 0 Å². The van der Waals surface area contributed by atoms with E-state index < -0.39 is 0 Å². The van der Waals surface area contributed by atoms with Crippen LogP contribution in [-0.2, 0) is 11.2 Å². The van der Waals surface area contributed by atoms with Crippen LogP contribution in [0.4, 0.5) is 11.4 Å². The highest BCUT2D eigenvalue weighted by atomic mass is 16.5. The van der Waals surface area contributed by atoms with Gasteiger partial charge in [0.05, 0.1) is 30.8 Å². The summed E-state index contributed by atoms with van der Waals surface area (Å²) in [6.07, 6.45) is 6.62. The number of anilines is 2. The van der Waals surface area contributed by atoms with Gasteiger partial charge in [-0.2, -0.15) is 0 Å². The van der Waals surface area contributed by atoms with Crippen molar-refractivity contribution >= 4 is 29.6 Å². The molecule has 1 saturated heterocycles. The number of aromatic amines is 1. The van der Waals surface area contributed by atoms with E-state index >= 15 is 0 Å². The number of nitrogens with zero attached hydrogens (tertiary/aromatic N) is 2. The molecule has 1 amide bonds. The molecule has 0 unspecified atom stereocenters. The van der Waals surface area contributed by atoms with Crippen LogP contribution < -0.4 is 15.0 Å². The summed E-state index contributed by atoms with van der Waals surface area (Å²) in [5, 5.41) is 10.1. The Morgan fingerprint density at radius 1 is 1.34 bits per heavy atom. The molecule has 8 nitrogen and oxygen atoms in total. The number of H-pyrrole nitrogens is 1. The van der Waals surface area contributed by atoms with Crippen LogP contribution in [0.25, 0.3) is 6.08 Å². The molecule has 2 aromatic rings. The highest BCUT2D eigenvalue weighted by Crippen LogP contribution is 2.41. The molecule has 3 N–H and O–H groups in total. The number of rotatable bonds is 5. The molecule has 2 aliphatic heterocycles. The number of fused-ring (bicyclic) bond motifs is 1. The first kappa shape index (κ1) is 19.2. The van der Waals surface area contributed by atoms with Gasteiger partial charge in [-0.05, 0) is 32.1 Å². The summed E-state index contributed by atoms with van der Waals surface area (Å²) in [6.45, 7) is 6.95. The van der Waals surface area contributed by atoms with E-state index in [2.05, 4.69) is 34.0 Å². The quantitative estimate of drug-likeness (QED) is 0.676. The van der Waals surface area contributed by atoms with E-state index in [9.17, 15) is 4.79 Å². The first-order valence-electron chi connectivity index (χ1n) is 9.67. The molecule has 1 aromatic heterocycles. The Morgan fingerprint density at radius 3 is 2.90 bits per heavy atom. The maximum atomic E-state index is 12.8. The summed E-state index contributed by atoms with van der Waals surface area (Å²) < 4.78 is 11.6. The van der Waals surface area contributed by atoms with Crippen molar-refractivity contribution in [1.29, 1.82) is 5.41 Å². The van der Waals surface area contributed by atoms with Gasteiger partial charge in [0.25, 0.3) is 5.91 Å². The molecule has 1 aromatic carbocycles.